The predicted molar refractivity (Wildman–Crippen MR) is 127 cm³/mol. The number of nitrogens with one attached hydrogen (secondary N) is 1. The monoisotopic (exact) mass is 454 g/mol. The maximum Gasteiger partial charge on any atom is 0.325 e. The van der Waals surface area contributed by atoms with Gasteiger partial charge in [-0.2, -0.15) is 0 Å². The van der Waals surface area contributed by atoms with Gasteiger partial charge in [0, 0.05) is 23.7 Å². The Morgan fingerprint density at radius 3 is 2.39 bits per heavy atom. The molecule has 7 heteroatoms. The first-order chi connectivity index (χ1) is 14.4. The molecular formula is C24H39ClN2O4. The van der Waals surface area contributed by atoms with Crippen molar-refractivity contribution in [2.75, 3.05) is 25.5 Å². The van der Waals surface area contributed by atoms with Crippen LogP contribution in [0.25, 0.3) is 0 Å². The number of ether oxygens (including phenoxy) is 1. The Morgan fingerprint density at radius 2 is 1.77 bits per heavy atom. The van der Waals surface area contributed by atoms with Gasteiger partial charge in [-0.3, -0.25) is 14.5 Å². The summed E-state index contributed by atoms with van der Waals surface area (Å²) in [6, 6.07) is 4.55. The molecule has 2 N–H and O–H groups in total. The molecule has 1 aromatic rings. The maximum atomic E-state index is 12.3. The summed E-state index contributed by atoms with van der Waals surface area (Å²) in [5, 5.41) is 12.8. The van der Waals surface area contributed by atoms with E-state index in [2.05, 4.69) is 19.2 Å². The molecule has 1 amide bonds. The van der Waals surface area contributed by atoms with Crippen LogP contribution in [0.4, 0.5) is 5.69 Å². The lowest BCUT2D eigenvalue weighted by Gasteiger charge is -2.32. The highest BCUT2D eigenvalue weighted by molar-refractivity contribution is 5.91. The smallest absolute Gasteiger partial charge is 0.325 e. The van der Waals surface area contributed by atoms with Gasteiger partial charge in [-0.25, -0.2) is 0 Å². The number of amides is 1. The van der Waals surface area contributed by atoms with E-state index in [9.17, 15) is 14.7 Å². The van der Waals surface area contributed by atoms with Crippen molar-refractivity contribution >= 4 is 30.0 Å². The molecule has 1 heterocycles. The number of piperidine rings is 1. The lowest BCUT2D eigenvalue weighted by molar-refractivity contribution is -0.144. The number of nitrogens with zero attached hydrogens (tertiary/aromatic N) is 1. The Balaban J connectivity index is 0.00000480. The minimum atomic E-state index is -0.871. The standard InChI is InChI=1S/C24H38N2O4.ClH/c1-18(2)11-7-4-5-8-12-22(27)25-19-13-14-20(21(17-19)30-3)23(24(28)29)26-15-9-6-10-16-26;/h13-14,17-18,23H,4-12,15-16H2,1-3H3,(H,25,27)(H,28,29);1H. The number of carboxylic acids is 1. The van der Waals surface area contributed by atoms with Crippen molar-refractivity contribution in [3.8, 4) is 5.75 Å². The van der Waals surface area contributed by atoms with E-state index in [-0.39, 0.29) is 18.3 Å². The number of anilines is 1. The van der Waals surface area contributed by atoms with Crippen molar-refractivity contribution in [1.82, 2.24) is 4.90 Å². The van der Waals surface area contributed by atoms with Gasteiger partial charge in [0.05, 0.1) is 7.11 Å². The summed E-state index contributed by atoms with van der Waals surface area (Å²) in [6.45, 7) is 6.02. The van der Waals surface area contributed by atoms with Crippen LogP contribution in [0.3, 0.4) is 0 Å². The average Bonchev–Trinajstić information content (AvgIpc) is 2.72. The average molecular weight is 455 g/mol. The van der Waals surface area contributed by atoms with Gasteiger partial charge in [-0.1, -0.05) is 52.0 Å². The summed E-state index contributed by atoms with van der Waals surface area (Å²) in [7, 11) is 1.54. The Kier molecular flexibility index (Phi) is 12.6. The molecule has 31 heavy (non-hydrogen) atoms. The summed E-state index contributed by atoms with van der Waals surface area (Å²) in [4.78, 5) is 26.3. The number of halogens is 1. The molecule has 0 bridgehead atoms. The zero-order chi connectivity index (χ0) is 21.9. The maximum absolute atomic E-state index is 12.3. The van der Waals surface area contributed by atoms with Crippen LogP contribution in [0.5, 0.6) is 5.75 Å². The van der Waals surface area contributed by atoms with E-state index in [0.29, 0.717) is 23.4 Å². The molecule has 176 valence electrons. The highest BCUT2D eigenvalue weighted by Gasteiger charge is 2.31. The molecule has 1 atom stereocenters. The van der Waals surface area contributed by atoms with E-state index < -0.39 is 12.0 Å². The second kappa shape index (κ2) is 14.3. The molecule has 0 aromatic heterocycles. The summed E-state index contributed by atoms with van der Waals surface area (Å²) >= 11 is 0. The van der Waals surface area contributed by atoms with Crippen LogP contribution in [-0.2, 0) is 9.59 Å². The zero-order valence-corrected chi connectivity index (χ0v) is 20.0. The number of hydrogen-bond donors (Lipinski definition) is 2. The number of carbonyl (C=O) groups excluding carboxylic acids is 1. The molecule has 1 aromatic carbocycles. The topological polar surface area (TPSA) is 78.9 Å². The quantitative estimate of drug-likeness (QED) is 0.398. The minimum absolute atomic E-state index is 0. The second-order valence-corrected chi connectivity index (χ2v) is 8.69. The van der Waals surface area contributed by atoms with Crippen LogP contribution in [0.1, 0.15) is 83.2 Å². The van der Waals surface area contributed by atoms with Crippen LogP contribution in [0.2, 0.25) is 0 Å². The molecule has 1 fully saturated rings. The fourth-order valence-corrected chi connectivity index (χ4v) is 4.09. The van der Waals surface area contributed by atoms with Gasteiger partial charge in [-0.05, 0) is 44.3 Å². The number of likely N-dealkylation sites (tertiary alicyclic amines) is 1. The molecule has 1 aliphatic rings. The molecule has 0 saturated carbocycles. The lowest BCUT2D eigenvalue weighted by atomic mass is 10.00. The number of carboxylic acid groups (broad SMARTS) is 1. The SMILES string of the molecule is COc1cc(NC(=O)CCCCCCC(C)C)ccc1C(C(=O)O)N1CCCCC1.Cl. The predicted octanol–water partition coefficient (Wildman–Crippen LogP) is 5.66. The van der Waals surface area contributed by atoms with Gasteiger partial charge in [0.1, 0.15) is 11.8 Å². The van der Waals surface area contributed by atoms with Crippen LogP contribution < -0.4 is 10.1 Å². The van der Waals surface area contributed by atoms with Gasteiger partial charge < -0.3 is 15.2 Å². The van der Waals surface area contributed by atoms with E-state index in [4.69, 9.17) is 4.74 Å². The number of unbranched alkanes of at least 4 members (excludes halogenated alkanes) is 3. The van der Waals surface area contributed by atoms with E-state index in [1.807, 2.05) is 4.90 Å². The van der Waals surface area contributed by atoms with Crippen molar-refractivity contribution < 1.29 is 19.4 Å². The minimum Gasteiger partial charge on any atom is -0.496 e. The van der Waals surface area contributed by atoms with Crippen molar-refractivity contribution in [2.24, 2.45) is 5.92 Å². The molecule has 2 rings (SSSR count). The highest BCUT2D eigenvalue weighted by atomic mass is 35.5. The first-order valence-electron chi connectivity index (χ1n) is 11.4. The van der Waals surface area contributed by atoms with Crippen LogP contribution >= 0.6 is 12.4 Å². The molecule has 0 aliphatic carbocycles. The third-order valence-electron chi connectivity index (χ3n) is 5.74. The lowest BCUT2D eigenvalue weighted by Crippen LogP contribution is -2.38. The number of aliphatic carboxylic acids is 1. The molecule has 1 aliphatic heterocycles. The molecule has 1 unspecified atom stereocenters. The van der Waals surface area contributed by atoms with Crippen molar-refractivity contribution in [1.29, 1.82) is 0 Å². The number of carbonyl (C=O) groups is 2. The fraction of sp³-hybridized carbons (Fsp3) is 0.667. The summed E-state index contributed by atoms with van der Waals surface area (Å²) in [5.74, 6) is 0.352. The molecule has 6 nitrogen and oxygen atoms in total. The van der Waals surface area contributed by atoms with Crippen molar-refractivity contribution in [3.05, 3.63) is 23.8 Å². The third-order valence-corrected chi connectivity index (χ3v) is 5.74. The Hall–Kier alpha value is -1.79. The van der Waals surface area contributed by atoms with Crippen LogP contribution in [0, 0.1) is 5.92 Å². The zero-order valence-electron chi connectivity index (χ0n) is 19.2. The summed E-state index contributed by atoms with van der Waals surface area (Å²) in [6.07, 6.45) is 9.25. The fourth-order valence-electron chi connectivity index (χ4n) is 4.09. The van der Waals surface area contributed by atoms with Gasteiger partial charge >= 0.3 is 5.97 Å². The second-order valence-electron chi connectivity index (χ2n) is 8.69. The number of rotatable bonds is 12. The van der Waals surface area contributed by atoms with Gasteiger partial charge in [-0.15, -0.1) is 12.4 Å². The van der Waals surface area contributed by atoms with E-state index >= 15 is 0 Å². The first-order valence-corrected chi connectivity index (χ1v) is 11.4. The van der Waals surface area contributed by atoms with Crippen LogP contribution in [0.15, 0.2) is 18.2 Å². The number of benzene rings is 1. The van der Waals surface area contributed by atoms with E-state index in [1.165, 1.54) is 26.4 Å². The Morgan fingerprint density at radius 1 is 1.10 bits per heavy atom. The molecule has 0 spiro atoms. The molecular weight excluding hydrogens is 416 g/mol. The number of hydrogen-bond acceptors (Lipinski definition) is 4. The van der Waals surface area contributed by atoms with Crippen LogP contribution in [-0.4, -0.2) is 42.1 Å². The Labute approximate surface area is 193 Å². The van der Waals surface area contributed by atoms with Crippen molar-refractivity contribution in [3.63, 3.8) is 0 Å². The normalized spacial score (nSPS) is 15.2. The number of methoxy groups -OCH3 is 1. The third kappa shape index (κ3) is 9.08. The van der Waals surface area contributed by atoms with E-state index in [1.54, 1.807) is 18.2 Å². The van der Waals surface area contributed by atoms with Gasteiger partial charge in [0.15, 0.2) is 0 Å². The molecule has 1 saturated heterocycles. The largest absolute Gasteiger partial charge is 0.496 e. The first kappa shape index (κ1) is 27.2. The van der Waals surface area contributed by atoms with E-state index in [0.717, 1.165) is 51.1 Å². The molecule has 0 radical (unpaired) electrons. The summed E-state index contributed by atoms with van der Waals surface area (Å²) in [5.41, 5.74) is 1.28. The Bertz CT molecular complexity index is 690. The van der Waals surface area contributed by atoms with Gasteiger partial charge in [0.25, 0.3) is 0 Å². The van der Waals surface area contributed by atoms with Gasteiger partial charge in [0.2, 0.25) is 5.91 Å². The summed E-state index contributed by atoms with van der Waals surface area (Å²) < 4.78 is 5.49. The highest BCUT2D eigenvalue weighted by Crippen LogP contribution is 2.33. The van der Waals surface area contributed by atoms with Crippen molar-refractivity contribution in [2.45, 2.75) is 77.7 Å².